The Balaban J connectivity index is 2.39. The molecule has 0 saturated heterocycles. The normalized spacial score (nSPS) is 16.9. The highest BCUT2D eigenvalue weighted by Gasteiger charge is 2.43. The number of carbonyl (C=O) groups excluding carboxylic acids is 2. The van der Waals surface area contributed by atoms with Crippen LogP contribution in [0.3, 0.4) is 0 Å². The van der Waals surface area contributed by atoms with Gasteiger partial charge >= 0.3 is 0 Å². The molecule has 7 nitrogen and oxygen atoms in total. The van der Waals surface area contributed by atoms with Gasteiger partial charge < -0.3 is 24.4 Å². The number of nitrogens with zero attached hydrogens (tertiary/aromatic N) is 2. The molecule has 1 aromatic carbocycles. The molecule has 0 saturated carbocycles. The number of rotatable bonds is 10. The van der Waals surface area contributed by atoms with E-state index in [0.29, 0.717) is 23.6 Å². The molecule has 0 bridgehead atoms. The van der Waals surface area contributed by atoms with Crippen molar-refractivity contribution in [3.63, 3.8) is 0 Å². The Morgan fingerprint density at radius 3 is 2.43 bits per heavy atom. The van der Waals surface area contributed by atoms with E-state index in [1.54, 1.807) is 30.2 Å². The lowest BCUT2D eigenvalue weighted by Gasteiger charge is -2.29. The molecule has 154 valence electrons. The number of methoxy groups -OCH3 is 2. The fraction of sp³-hybridized carbons (Fsp3) is 0.524. The molecule has 1 aliphatic heterocycles. The summed E-state index contributed by atoms with van der Waals surface area (Å²) in [6.45, 7) is 8.68. The van der Waals surface area contributed by atoms with E-state index in [2.05, 4.69) is 18.7 Å². The first-order valence-electron chi connectivity index (χ1n) is 9.58. The van der Waals surface area contributed by atoms with Crippen molar-refractivity contribution >= 4 is 11.7 Å². The first kappa shape index (κ1) is 21.8. The van der Waals surface area contributed by atoms with Gasteiger partial charge in [0.15, 0.2) is 11.5 Å². The second-order valence-corrected chi connectivity index (χ2v) is 6.71. The smallest absolute Gasteiger partial charge is 0.290 e. The number of aliphatic hydroxyl groups is 1. The van der Waals surface area contributed by atoms with Crippen LogP contribution in [0.4, 0.5) is 0 Å². The number of ether oxygens (including phenoxy) is 2. The fourth-order valence-corrected chi connectivity index (χ4v) is 3.62. The summed E-state index contributed by atoms with van der Waals surface area (Å²) in [7, 11) is 3.08. The Morgan fingerprint density at radius 2 is 1.89 bits per heavy atom. The lowest BCUT2D eigenvalue weighted by molar-refractivity contribution is -0.129. The Morgan fingerprint density at radius 1 is 1.21 bits per heavy atom. The van der Waals surface area contributed by atoms with Crippen molar-refractivity contribution in [3.8, 4) is 11.5 Å². The number of hydrogen-bond acceptors (Lipinski definition) is 6. The van der Waals surface area contributed by atoms with Crippen molar-refractivity contribution in [2.24, 2.45) is 0 Å². The van der Waals surface area contributed by atoms with E-state index < -0.39 is 17.7 Å². The quantitative estimate of drug-likeness (QED) is 0.662. The van der Waals surface area contributed by atoms with Crippen molar-refractivity contribution in [3.05, 3.63) is 35.1 Å². The maximum atomic E-state index is 12.7. The van der Waals surface area contributed by atoms with E-state index in [9.17, 15) is 14.7 Å². The molecule has 1 heterocycles. The molecule has 0 spiro atoms. The van der Waals surface area contributed by atoms with Gasteiger partial charge in [-0.3, -0.25) is 9.59 Å². The van der Waals surface area contributed by atoms with Gasteiger partial charge in [-0.1, -0.05) is 13.8 Å². The number of hydrogen-bond donors (Lipinski definition) is 1. The number of ketones is 1. The van der Waals surface area contributed by atoms with E-state index in [0.717, 1.165) is 26.1 Å². The molecule has 2 rings (SSSR count). The lowest BCUT2D eigenvalue weighted by atomic mass is 9.95. The van der Waals surface area contributed by atoms with Crippen LogP contribution in [0.25, 0.3) is 0 Å². The number of benzene rings is 1. The minimum absolute atomic E-state index is 0.108. The maximum absolute atomic E-state index is 12.7. The highest BCUT2D eigenvalue weighted by atomic mass is 16.5. The SMILES string of the molecule is CCN(CC)CCCN1C(=O)C(O)=C(C(C)=O)C1c1ccc(OC)cc1OC. The third-order valence-electron chi connectivity index (χ3n) is 5.19. The van der Waals surface area contributed by atoms with Gasteiger partial charge in [0, 0.05) is 18.2 Å². The zero-order valence-electron chi connectivity index (χ0n) is 17.3. The van der Waals surface area contributed by atoms with Crippen molar-refractivity contribution < 1.29 is 24.2 Å². The average molecular weight is 390 g/mol. The van der Waals surface area contributed by atoms with Crippen molar-refractivity contribution in [1.29, 1.82) is 0 Å². The highest BCUT2D eigenvalue weighted by molar-refractivity contribution is 6.08. The van der Waals surface area contributed by atoms with E-state index in [1.165, 1.54) is 14.0 Å². The summed E-state index contributed by atoms with van der Waals surface area (Å²) in [5, 5.41) is 10.4. The predicted molar refractivity (Wildman–Crippen MR) is 107 cm³/mol. The van der Waals surface area contributed by atoms with Gasteiger partial charge in [-0.15, -0.1) is 0 Å². The molecule has 7 heteroatoms. The second kappa shape index (κ2) is 9.59. The van der Waals surface area contributed by atoms with Crippen LogP contribution in [0.15, 0.2) is 29.5 Å². The van der Waals surface area contributed by atoms with E-state index in [1.807, 2.05) is 0 Å². The Hall–Kier alpha value is -2.54. The van der Waals surface area contributed by atoms with Crippen LogP contribution in [0.5, 0.6) is 11.5 Å². The molecule has 1 aromatic rings. The summed E-state index contributed by atoms with van der Waals surface area (Å²) in [5.41, 5.74) is 0.755. The number of aliphatic hydroxyl groups excluding tert-OH is 1. The van der Waals surface area contributed by atoms with Gasteiger partial charge in [0.2, 0.25) is 0 Å². The van der Waals surface area contributed by atoms with E-state index in [-0.39, 0.29) is 11.4 Å². The van der Waals surface area contributed by atoms with Crippen molar-refractivity contribution in [2.45, 2.75) is 33.2 Å². The summed E-state index contributed by atoms with van der Waals surface area (Å²) in [5.74, 6) is -0.222. The minimum Gasteiger partial charge on any atom is -0.503 e. The van der Waals surface area contributed by atoms with Crippen LogP contribution in [-0.4, -0.2) is 67.0 Å². The standard InChI is InChI=1S/C21H30N2O5/c1-6-22(7-2)11-8-12-23-19(18(14(3)24)20(25)21(23)26)16-10-9-15(27-4)13-17(16)28-5/h9-10,13,19,25H,6-8,11-12H2,1-5H3. The molecule has 0 fully saturated rings. The third-order valence-corrected chi connectivity index (χ3v) is 5.19. The van der Waals surface area contributed by atoms with Crippen molar-refractivity contribution in [2.75, 3.05) is 40.4 Å². The van der Waals surface area contributed by atoms with Gasteiger partial charge in [0.05, 0.1) is 25.8 Å². The van der Waals surface area contributed by atoms with Crippen LogP contribution < -0.4 is 9.47 Å². The zero-order chi connectivity index (χ0) is 20.8. The second-order valence-electron chi connectivity index (χ2n) is 6.71. The third kappa shape index (κ3) is 4.30. The summed E-state index contributed by atoms with van der Waals surface area (Å²) < 4.78 is 10.7. The van der Waals surface area contributed by atoms with Crippen LogP contribution in [-0.2, 0) is 9.59 Å². The zero-order valence-corrected chi connectivity index (χ0v) is 17.3. The van der Waals surface area contributed by atoms with Crippen LogP contribution in [0.2, 0.25) is 0 Å². The molecular formula is C21H30N2O5. The first-order chi connectivity index (χ1) is 13.4. The number of amides is 1. The Kier molecular flexibility index (Phi) is 7.45. The number of Topliss-reactive ketones (excluding diaryl/α,β-unsaturated/α-hetero) is 1. The predicted octanol–water partition coefficient (Wildman–Crippen LogP) is 2.72. The van der Waals surface area contributed by atoms with Crippen LogP contribution in [0, 0.1) is 0 Å². The molecule has 1 aliphatic rings. The number of carbonyl (C=O) groups is 2. The van der Waals surface area contributed by atoms with Gasteiger partial charge in [-0.2, -0.15) is 0 Å². The fourth-order valence-electron chi connectivity index (χ4n) is 3.62. The van der Waals surface area contributed by atoms with Crippen molar-refractivity contribution in [1.82, 2.24) is 9.80 Å². The summed E-state index contributed by atoms with van der Waals surface area (Å²) in [6.07, 6.45) is 0.737. The average Bonchev–Trinajstić information content (AvgIpc) is 2.95. The molecule has 0 radical (unpaired) electrons. The van der Waals surface area contributed by atoms with Crippen LogP contribution in [0.1, 0.15) is 38.8 Å². The molecule has 1 amide bonds. The Labute approximate surface area is 166 Å². The van der Waals surface area contributed by atoms with E-state index in [4.69, 9.17) is 9.47 Å². The molecule has 28 heavy (non-hydrogen) atoms. The molecule has 1 N–H and O–H groups in total. The molecule has 1 atom stereocenters. The summed E-state index contributed by atoms with van der Waals surface area (Å²) in [6, 6.07) is 4.56. The maximum Gasteiger partial charge on any atom is 0.290 e. The Bertz CT molecular complexity index is 755. The van der Waals surface area contributed by atoms with Gasteiger partial charge in [0.25, 0.3) is 5.91 Å². The van der Waals surface area contributed by atoms with Gasteiger partial charge in [0.1, 0.15) is 11.5 Å². The molecule has 0 aromatic heterocycles. The summed E-state index contributed by atoms with van der Waals surface area (Å²) in [4.78, 5) is 28.8. The summed E-state index contributed by atoms with van der Waals surface area (Å²) >= 11 is 0. The minimum atomic E-state index is -0.678. The lowest BCUT2D eigenvalue weighted by Crippen LogP contribution is -2.34. The first-order valence-corrected chi connectivity index (χ1v) is 9.58. The highest BCUT2D eigenvalue weighted by Crippen LogP contribution is 2.42. The monoisotopic (exact) mass is 390 g/mol. The van der Waals surface area contributed by atoms with E-state index >= 15 is 0 Å². The topological polar surface area (TPSA) is 79.3 Å². The molecular weight excluding hydrogens is 360 g/mol. The van der Waals surface area contributed by atoms with Gasteiger partial charge in [-0.05, 0) is 45.1 Å². The van der Waals surface area contributed by atoms with Gasteiger partial charge in [-0.25, -0.2) is 0 Å². The largest absolute Gasteiger partial charge is 0.503 e. The van der Waals surface area contributed by atoms with Crippen LogP contribution >= 0.6 is 0 Å². The molecule has 0 aliphatic carbocycles. The molecule has 1 unspecified atom stereocenters.